The highest BCUT2D eigenvalue weighted by Gasteiger charge is 1.98. The van der Waals surface area contributed by atoms with E-state index < -0.39 is 0 Å². The fourth-order valence-corrected chi connectivity index (χ4v) is 1.36. The van der Waals surface area contributed by atoms with Crippen LogP contribution in [0.15, 0.2) is 17.7 Å². The van der Waals surface area contributed by atoms with Crippen LogP contribution in [0, 0.1) is 6.08 Å². The smallest absolute Gasteiger partial charge is 0.0273 e. The highest BCUT2D eigenvalue weighted by molar-refractivity contribution is 5.15. The Hall–Kier alpha value is -0.520. The number of hydrogen-bond acceptors (Lipinski definition) is 0. The first-order chi connectivity index (χ1) is 5.43. The van der Waals surface area contributed by atoms with E-state index in [1.807, 2.05) is 0 Å². The monoisotopic (exact) mass is 149 g/mol. The Morgan fingerprint density at radius 3 is 3.09 bits per heavy atom. The molecule has 0 aromatic heterocycles. The topological polar surface area (TPSA) is 0 Å². The summed E-state index contributed by atoms with van der Waals surface area (Å²) in [6.07, 6.45) is 15.6. The summed E-state index contributed by atoms with van der Waals surface area (Å²) < 4.78 is 0. The van der Waals surface area contributed by atoms with Gasteiger partial charge in [0.25, 0.3) is 0 Å². The normalized spacial score (nSPS) is 19.9. The molecule has 61 valence electrons. The molecular weight excluding hydrogens is 132 g/mol. The third-order valence-electron chi connectivity index (χ3n) is 2.03. The van der Waals surface area contributed by atoms with Gasteiger partial charge in [-0.25, -0.2) is 0 Å². The molecule has 0 bridgehead atoms. The van der Waals surface area contributed by atoms with Crippen LogP contribution in [0.3, 0.4) is 0 Å². The predicted molar refractivity (Wildman–Crippen MR) is 49.3 cm³/mol. The second-order valence-electron chi connectivity index (χ2n) is 3.07. The lowest BCUT2D eigenvalue weighted by atomic mass is 10.1. The van der Waals surface area contributed by atoms with Gasteiger partial charge in [-0.1, -0.05) is 25.5 Å². The third-order valence-corrected chi connectivity index (χ3v) is 2.03. The van der Waals surface area contributed by atoms with Gasteiger partial charge in [0.2, 0.25) is 0 Å². The first-order valence-electron chi connectivity index (χ1n) is 4.69. The average molecular weight is 149 g/mol. The van der Waals surface area contributed by atoms with E-state index in [4.69, 9.17) is 0 Å². The minimum absolute atomic E-state index is 1.14. The van der Waals surface area contributed by atoms with Crippen LogP contribution in [-0.2, 0) is 0 Å². The Labute approximate surface area is 70.0 Å². The molecule has 1 radical (unpaired) electrons. The molecular formula is C11H17. The van der Waals surface area contributed by atoms with E-state index in [9.17, 15) is 0 Å². The van der Waals surface area contributed by atoms with Crippen molar-refractivity contribution in [1.82, 2.24) is 0 Å². The van der Waals surface area contributed by atoms with E-state index >= 15 is 0 Å². The summed E-state index contributed by atoms with van der Waals surface area (Å²) in [7, 11) is 0. The Kier molecular flexibility index (Phi) is 4.03. The summed E-state index contributed by atoms with van der Waals surface area (Å²) in [5.41, 5.74) is 1.43. The first kappa shape index (κ1) is 8.58. The maximum atomic E-state index is 3.45. The quantitative estimate of drug-likeness (QED) is 0.562. The third kappa shape index (κ3) is 3.41. The van der Waals surface area contributed by atoms with E-state index in [0.717, 1.165) is 6.42 Å². The molecule has 0 unspecified atom stereocenters. The second-order valence-corrected chi connectivity index (χ2v) is 3.07. The molecule has 0 amide bonds. The van der Waals surface area contributed by atoms with Crippen LogP contribution in [0.4, 0.5) is 0 Å². The van der Waals surface area contributed by atoms with Crippen molar-refractivity contribution in [1.29, 1.82) is 0 Å². The fourth-order valence-electron chi connectivity index (χ4n) is 1.36. The number of rotatable bonds is 2. The SMILES string of the molecule is CC/C=C/C1=[C]CCCCC1. The number of hydrogen-bond donors (Lipinski definition) is 0. The maximum Gasteiger partial charge on any atom is -0.0273 e. The second kappa shape index (κ2) is 5.17. The van der Waals surface area contributed by atoms with Crippen LogP contribution in [0.25, 0.3) is 0 Å². The standard InChI is InChI=1S/C11H17/c1-2-3-8-11-9-6-4-5-7-10-11/h3,8H,2,4-7,9H2,1H3/b8-3+. The molecule has 0 aromatic rings. The Morgan fingerprint density at radius 1 is 1.36 bits per heavy atom. The van der Waals surface area contributed by atoms with Gasteiger partial charge in [0.15, 0.2) is 0 Å². The first-order valence-corrected chi connectivity index (χ1v) is 4.69. The van der Waals surface area contributed by atoms with Crippen molar-refractivity contribution in [3.05, 3.63) is 23.8 Å². The van der Waals surface area contributed by atoms with Gasteiger partial charge in [-0.3, -0.25) is 0 Å². The average Bonchev–Trinajstić information content (AvgIpc) is 2.28. The molecule has 1 aliphatic rings. The van der Waals surface area contributed by atoms with Crippen molar-refractivity contribution in [3.63, 3.8) is 0 Å². The highest BCUT2D eigenvalue weighted by atomic mass is 14.0. The minimum atomic E-state index is 1.14. The van der Waals surface area contributed by atoms with Gasteiger partial charge in [0, 0.05) is 0 Å². The largest absolute Gasteiger partial charge is 0.0845 e. The molecule has 0 spiro atoms. The van der Waals surface area contributed by atoms with Gasteiger partial charge in [-0.05, 0) is 43.8 Å². The molecule has 0 aromatic carbocycles. The van der Waals surface area contributed by atoms with E-state index in [0.29, 0.717) is 0 Å². The molecule has 0 saturated carbocycles. The lowest BCUT2D eigenvalue weighted by Gasteiger charge is -1.95. The lowest BCUT2D eigenvalue weighted by Crippen LogP contribution is -1.76. The summed E-state index contributed by atoms with van der Waals surface area (Å²) >= 11 is 0. The molecule has 0 N–H and O–H groups in total. The van der Waals surface area contributed by atoms with Crippen LogP contribution in [0.1, 0.15) is 45.4 Å². The summed E-state index contributed by atoms with van der Waals surface area (Å²) in [6.45, 7) is 2.17. The Bertz CT molecular complexity index is 151. The molecule has 0 saturated heterocycles. The molecule has 0 fully saturated rings. The van der Waals surface area contributed by atoms with E-state index in [2.05, 4.69) is 25.2 Å². The zero-order chi connectivity index (χ0) is 7.94. The van der Waals surface area contributed by atoms with Crippen LogP contribution in [-0.4, -0.2) is 0 Å². The summed E-state index contributed by atoms with van der Waals surface area (Å²) in [6, 6.07) is 0. The molecule has 0 atom stereocenters. The predicted octanol–water partition coefficient (Wildman–Crippen LogP) is 3.65. The van der Waals surface area contributed by atoms with Crippen molar-refractivity contribution >= 4 is 0 Å². The van der Waals surface area contributed by atoms with Gasteiger partial charge in [0.1, 0.15) is 0 Å². The molecule has 1 aliphatic carbocycles. The highest BCUT2D eigenvalue weighted by Crippen LogP contribution is 2.17. The van der Waals surface area contributed by atoms with Crippen molar-refractivity contribution in [3.8, 4) is 0 Å². The van der Waals surface area contributed by atoms with Crippen LogP contribution < -0.4 is 0 Å². The van der Waals surface area contributed by atoms with Crippen LogP contribution in [0.5, 0.6) is 0 Å². The Balaban J connectivity index is 2.40. The van der Waals surface area contributed by atoms with Crippen LogP contribution in [0.2, 0.25) is 0 Å². The summed E-state index contributed by atoms with van der Waals surface area (Å²) in [5.74, 6) is 0. The van der Waals surface area contributed by atoms with Crippen LogP contribution >= 0.6 is 0 Å². The summed E-state index contributed by atoms with van der Waals surface area (Å²) in [5, 5.41) is 0. The zero-order valence-electron chi connectivity index (χ0n) is 7.40. The molecule has 0 heterocycles. The van der Waals surface area contributed by atoms with Gasteiger partial charge in [-0.2, -0.15) is 0 Å². The summed E-state index contributed by atoms with van der Waals surface area (Å²) in [4.78, 5) is 0. The van der Waals surface area contributed by atoms with E-state index in [-0.39, 0.29) is 0 Å². The minimum Gasteiger partial charge on any atom is -0.0845 e. The van der Waals surface area contributed by atoms with E-state index in [1.165, 1.54) is 37.7 Å². The van der Waals surface area contributed by atoms with E-state index in [1.54, 1.807) is 0 Å². The molecule has 0 heteroatoms. The molecule has 1 rings (SSSR count). The van der Waals surface area contributed by atoms with Crippen molar-refractivity contribution in [2.45, 2.75) is 45.4 Å². The Morgan fingerprint density at radius 2 is 2.27 bits per heavy atom. The number of allylic oxidation sites excluding steroid dienone is 4. The molecule has 0 aliphatic heterocycles. The van der Waals surface area contributed by atoms with Gasteiger partial charge < -0.3 is 0 Å². The van der Waals surface area contributed by atoms with Gasteiger partial charge in [-0.15, -0.1) is 0 Å². The van der Waals surface area contributed by atoms with Crippen molar-refractivity contribution in [2.75, 3.05) is 0 Å². The zero-order valence-corrected chi connectivity index (χ0v) is 7.40. The molecule has 0 nitrogen and oxygen atoms in total. The van der Waals surface area contributed by atoms with Crippen molar-refractivity contribution in [2.24, 2.45) is 0 Å². The van der Waals surface area contributed by atoms with Gasteiger partial charge >= 0.3 is 0 Å². The van der Waals surface area contributed by atoms with Crippen molar-refractivity contribution < 1.29 is 0 Å². The maximum absolute atomic E-state index is 3.45. The van der Waals surface area contributed by atoms with Gasteiger partial charge in [0.05, 0.1) is 0 Å². The fraction of sp³-hybridized carbons (Fsp3) is 0.636. The molecule has 11 heavy (non-hydrogen) atoms. The lowest BCUT2D eigenvalue weighted by molar-refractivity contribution is 0.711.